The van der Waals surface area contributed by atoms with Crippen LogP contribution < -0.4 is 14.4 Å². The highest BCUT2D eigenvalue weighted by atomic mass is 16.5. The molecule has 0 unspecified atom stereocenters. The fourth-order valence-corrected chi connectivity index (χ4v) is 3.44. The van der Waals surface area contributed by atoms with Crippen LogP contribution in [0.15, 0.2) is 48.5 Å². The van der Waals surface area contributed by atoms with E-state index in [1.54, 1.807) is 14.2 Å². The molecule has 6 nitrogen and oxygen atoms in total. The molecule has 1 fully saturated rings. The molecule has 2 aromatic carbocycles. The summed E-state index contributed by atoms with van der Waals surface area (Å²) in [4.78, 5) is 19.0. The number of nitrogens with zero attached hydrogens (tertiary/aromatic N) is 3. The molecule has 0 spiro atoms. The molecule has 150 valence electrons. The summed E-state index contributed by atoms with van der Waals surface area (Å²) in [6.07, 6.45) is 0. The summed E-state index contributed by atoms with van der Waals surface area (Å²) >= 11 is 0. The largest absolute Gasteiger partial charge is 0.497 e. The molecule has 0 aromatic heterocycles. The first-order chi connectivity index (χ1) is 13.6. The smallest absolute Gasteiger partial charge is 0.236 e. The maximum Gasteiger partial charge on any atom is 0.236 e. The van der Waals surface area contributed by atoms with Gasteiger partial charge >= 0.3 is 0 Å². The number of methoxy groups -OCH3 is 2. The normalized spacial score (nSPS) is 14.3. The first-order valence-electron chi connectivity index (χ1n) is 9.57. The number of rotatable bonds is 7. The van der Waals surface area contributed by atoms with Gasteiger partial charge in [-0.2, -0.15) is 0 Å². The van der Waals surface area contributed by atoms with Crippen LogP contribution in [0.2, 0.25) is 0 Å². The minimum absolute atomic E-state index is 0.186. The number of hydrogen-bond donors (Lipinski definition) is 0. The molecule has 0 bridgehead atoms. The highest BCUT2D eigenvalue weighted by Gasteiger charge is 2.22. The van der Waals surface area contributed by atoms with E-state index in [1.165, 1.54) is 11.3 Å². The van der Waals surface area contributed by atoms with Gasteiger partial charge in [-0.05, 0) is 49.0 Å². The lowest BCUT2D eigenvalue weighted by molar-refractivity contribution is -0.132. The quantitative estimate of drug-likeness (QED) is 0.735. The first kappa shape index (κ1) is 20.0. The Kier molecular flexibility index (Phi) is 6.76. The Morgan fingerprint density at radius 1 is 0.893 bits per heavy atom. The van der Waals surface area contributed by atoms with Gasteiger partial charge in [-0.15, -0.1) is 0 Å². The number of likely N-dealkylation sites (N-methyl/N-ethyl adjacent to an activating group) is 1. The van der Waals surface area contributed by atoms with Crippen LogP contribution in [-0.2, 0) is 11.3 Å². The summed E-state index contributed by atoms with van der Waals surface area (Å²) in [5.41, 5.74) is 2.34. The Labute approximate surface area is 167 Å². The van der Waals surface area contributed by atoms with Gasteiger partial charge in [0.15, 0.2) is 0 Å². The Morgan fingerprint density at radius 2 is 1.43 bits per heavy atom. The van der Waals surface area contributed by atoms with E-state index in [0.717, 1.165) is 44.2 Å². The predicted octanol–water partition coefficient (Wildman–Crippen LogP) is 2.48. The van der Waals surface area contributed by atoms with Crippen molar-refractivity contribution in [3.05, 3.63) is 54.1 Å². The van der Waals surface area contributed by atoms with Crippen LogP contribution in [0.3, 0.4) is 0 Å². The van der Waals surface area contributed by atoms with E-state index in [0.29, 0.717) is 6.54 Å². The molecule has 1 aliphatic heterocycles. The van der Waals surface area contributed by atoms with Crippen LogP contribution in [0.5, 0.6) is 11.5 Å². The third-order valence-corrected chi connectivity index (χ3v) is 5.09. The Hall–Kier alpha value is -2.73. The van der Waals surface area contributed by atoms with Gasteiger partial charge < -0.3 is 19.3 Å². The molecular formula is C22H29N3O3. The molecule has 0 radical (unpaired) electrons. The van der Waals surface area contributed by atoms with Crippen molar-refractivity contribution in [1.82, 2.24) is 9.80 Å². The minimum Gasteiger partial charge on any atom is -0.497 e. The number of benzene rings is 2. The minimum atomic E-state index is 0.186. The van der Waals surface area contributed by atoms with Crippen molar-refractivity contribution in [2.75, 3.05) is 58.9 Å². The molecule has 2 aromatic rings. The van der Waals surface area contributed by atoms with Crippen LogP contribution in [0.25, 0.3) is 0 Å². The summed E-state index contributed by atoms with van der Waals surface area (Å²) in [6.45, 7) is 4.36. The summed E-state index contributed by atoms with van der Waals surface area (Å²) < 4.78 is 10.4. The molecule has 1 amide bonds. The zero-order chi connectivity index (χ0) is 19.9. The van der Waals surface area contributed by atoms with Crippen molar-refractivity contribution in [2.24, 2.45) is 0 Å². The summed E-state index contributed by atoms with van der Waals surface area (Å²) in [5, 5.41) is 0. The van der Waals surface area contributed by atoms with Gasteiger partial charge in [-0.3, -0.25) is 9.69 Å². The average Bonchev–Trinajstić information content (AvgIpc) is 2.74. The molecule has 0 N–H and O–H groups in total. The second-order valence-electron chi connectivity index (χ2n) is 7.09. The van der Waals surface area contributed by atoms with Crippen molar-refractivity contribution in [1.29, 1.82) is 0 Å². The van der Waals surface area contributed by atoms with E-state index in [2.05, 4.69) is 21.9 Å². The van der Waals surface area contributed by atoms with E-state index in [1.807, 2.05) is 48.3 Å². The number of amides is 1. The Morgan fingerprint density at radius 3 is 1.96 bits per heavy atom. The number of ether oxygens (including phenoxy) is 2. The van der Waals surface area contributed by atoms with E-state index in [4.69, 9.17) is 9.47 Å². The van der Waals surface area contributed by atoms with Crippen LogP contribution in [0.1, 0.15) is 5.56 Å². The lowest BCUT2D eigenvalue weighted by Gasteiger charge is -2.36. The molecule has 1 saturated heterocycles. The number of hydrogen-bond acceptors (Lipinski definition) is 5. The lowest BCUT2D eigenvalue weighted by atomic mass is 10.2. The van der Waals surface area contributed by atoms with Gasteiger partial charge in [-0.1, -0.05) is 12.1 Å². The Balaban J connectivity index is 1.46. The lowest BCUT2D eigenvalue weighted by Crippen LogP contribution is -2.51. The van der Waals surface area contributed by atoms with Crippen LogP contribution in [-0.4, -0.2) is 69.7 Å². The van der Waals surface area contributed by atoms with Crippen LogP contribution in [0.4, 0.5) is 5.69 Å². The van der Waals surface area contributed by atoms with Crippen molar-refractivity contribution >= 4 is 11.6 Å². The topological polar surface area (TPSA) is 45.2 Å². The molecule has 1 heterocycles. The molecule has 28 heavy (non-hydrogen) atoms. The third-order valence-electron chi connectivity index (χ3n) is 5.09. The van der Waals surface area contributed by atoms with E-state index in [-0.39, 0.29) is 5.91 Å². The predicted molar refractivity (Wildman–Crippen MR) is 111 cm³/mol. The summed E-state index contributed by atoms with van der Waals surface area (Å²) in [7, 11) is 5.31. The van der Waals surface area contributed by atoms with Crippen molar-refractivity contribution in [2.45, 2.75) is 6.54 Å². The van der Waals surface area contributed by atoms with E-state index >= 15 is 0 Å². The van der Waals surface area contributed by atoms with Crippen molar-refractivity contribution in [3.63, 3.8) is 0 Å². The van der Waals surface area contributed by atoms with Gasteiger partial charge in [-0.25, -0.2) is 0 Å². The highest BCUT2D eigenvalue weighted by molar-refractivity contribution is 5.78. The first-order valence-corrected chi connectivity index (χ1v) is 9.57. The van der Waals surface area contributed by atoms with Gasteiger partial charge in [0.05, 0.1) is 20.8 Å². The Bertz CT molecular complexity index is 754. The zero-order valence-corrected chi connectivity index (χ0v) is 16.9. The third kappa shape index (κ3) is 5.16. The maximum absolute atomic E-state index is 12.7. The van der Waals surface area contributed by atoms with E-state index < -0.39 is 0 Å². The van der Waals surface area contributed by atoms with Crippen LogP contribution >= 0.6 is 0 Å². The molecule has 0 atom stereocenters. The maximum atomic E-state index is 12.7. The number of piperazine rings is 1. The zero-order valence-electron chi connectivity index (χ0n) is 16.9. The summed E-state index contributed by atoms with van der Waals surface area (Å²) in [5.74, 6) is 1.89. The summed E-state index contributed by atoms with van der Waals surface area (Å²) in [6, 6.07) is 16.0. The second-order valence-corrected chi connectivity index (χ2v) is 7.09. The van der Waals surface area contributed by atoms with E-state index in [9.17, 15) is 4.79 Å². The average molecular weight is 383 g/mol. The molecule has 0 aliphatic carbocycles. The van der Waals surface area contributed by atoms with Gasteiger partial charge in [0.25, 0.3) is 0 Å². The van der Waals surface area contributed by atoms with Crippen LogP contribution in [0, 0.1) is 0 Å². The standard InChI is InChI=1S/C22H29N3O3/c1-23(16-18-4-8-20(27-2)9-5-18)17-22(26)25-14-12-24(13-15-25)19-6-10-21(28-3)11-7-19/h4-11H,12-17H2,1-3H3. The monoisotopic (exact) mass is 383 g/mol. The second kappa shape index (κ2) is 9.46. The molecule has 1 aliphatic rings. The van der Waals surface area contributed by atoms with Crippen molar-refractivity contribution < 1.29 is 14.3 Å². The molecule has 3 rings (SSSR count). The molecular weight excluding hydrogens is 354 g/mol. The molecule has 0 saturated carbocycles. The fourth-order valence-electron chi connectivity index (χ4n) is 3.44. The number of carbonyl (C=O) groups excluding carboxylic acids is 1. The fraction of sp³-hybridized carbons (Fsp3) is 0.409. The van der Waals surface area contributed by atoms with Gasteiger partial charge in [0, 0.05) is 38.4 Å². The number of carbonyl (C=O) groups is 1. The molecule has 6 heteroatoms. The number of anilines is 1. The highest BCUT2D eigenvalue weighted by Crippen LogP contribution is 2.20. The van der Waals surface area contributed by atoms with Gasteiger partial charge in [0.1, 0.15) is 11.5 Å². The van der Waals surface area contributed by atoms with Crippen molar-refractivity contribution in [3.8, 4) is 11.5 Å². The SMILES string of the molecule is COc1ccc(CN(C)CC(=O)N2CCN(c3ccc(OC)cc3)CC2)cc1. The van der Waals surface area contributed by atoms with Gasteiger partial charge in [0.2, 0.25) is 5.91 Å².